The van der Waals surface area contributed by atoms with Gasteiger partial charge in [-0.1, -0.05) is 0 Å². The molecule has 0 aromatic carbocycles. The van der Waals surface area contributed by atoms with Crippen molar-refractivity contribution in [3.63, 3.8) is 0 Å². The maximum absolute atomic E-state index is 11.3. The predicted molar refractivity (Wildman–Crippen MR) is 40.8 cm³/mol. The summed E-state index contributed by atoms with van der Waals surface area (Å²) in [6.07, 6.45) is -4.60. The molecule has 7 heteroatoms. The molecule has 2 nitrogen and oxygen atoms in total. The molecule has 0 heterocycles. The van der Waals surface area contributed by atoms with Gasteiger partial charge in [0.25, 0.3) is 0 Å². The van der Waals surface area contributed by atoms with Crippen LogP contribution in [0.5, 0.6) is 0 Å². The number of halogens is 4. The fourth-order valence-electron chi connectivity index (χ4n) is 0.180. The van der Waals surface area contributed by atoms with Gasteiger partial charge >= 0.3 is 6.36 Å². The van der Waals surface area contributed by atoms with Crippen LogP contribution in [-0.2, 0) is 4.18 Å². The molecule has 0 aliphatic rings. The zero-order chi connectivity index (χ0) is 8.91. The summed E-state index contributed by atoms with van der Waals surface area (Å²) in [4.78, 5) is 0. The molecule has 0 saturated heterocycles. The lowest BCUT2D eigenvalue weighted by Crippen LogP contribution is -2.07. The Morgan fingerprint density at radius 1 is 1.64 bits per heavy atom. The van der Waals surface area contributed by atoms with Crippen LogP contribution in [-0.4, -0.2) is 13.4 Å². The van der Waals surface area contributed by atoms with Gasteiger partial charge in [0.2, 0.25) is 0 Å². The van der Waals surface area contributed by atoms with E-state index < -0.39 is 6.36 Å². The molecular weight excluding hydrogens is 247 g/mol. The monoisotopic (exact) mass is 251 g/mol. The van der Waals surface area contributed by atoms with E-state index in [-0.39, 0.29) is 12.0 Å². The molecule has 0 aliphatic heterocycles. The van der Waals surface area contributed by atoms with Crippen molar-refractivity contribution in [2.24, 2.45) is 0 Å². The van der Waals surface area contributed by atoms with E-state index in [0.717, 1.165) is 5.41 Å². The van der Waals surface area contributed by atoms with Crippen molar-refractivity contribution in [1.82, 2.24) is 5.32 Å². The molecule has 0 aliphatic carbocycles. The van der Waals surface area contributed by atoms with Crippen molar-refractivity contribution in [1.29, 1.82) is 0 Å². The van der Waals surface area contributed by atoms with E-state index in [9.17, 15) is 13.2 Å². The molecule has 0 bridgehead atoms. The lowest BCUT2D eigenvalue weighted by Gasteiger charge is -2.02. The van der Waals surface area contributed by atoms with Gasteiger partial charge in [-0.05, 0) is 15.9 Å². The largest absolute Gasteiger partial charge is 0.533 e. The van der Waals surface area contributed by atoms with Crippen LogP contribution in [0.4, 0.5) is 13.2 Å². The van der Waals surface area contributed by atoms with Crippen LogP contribution in [0.1, 0.15) is 0 Å². The van der Waals surface area contributed by atoms with Crippen LogP contribution in [0.15, 0.2) is 10.0 Å². The molecule has 0 fully saturated rings. The van der Waals surface area contributed by atoms with E-state index in [0.29, 0.717) is 4.61 Å². The Labute approximate surface area is 74.5 Å². The maximum Gasteiger partial charge on any atom is 0.533 e. The predicted octanol–water partition coefficient (Wildman–Crippen LogP) is 2.58. The summed E-state index contributed by atoms with van der Waals surface area (Å²) in [5.74, 6) is 0. The Morgan fingerprint density at radius 2 is 2.18 bits per heavy atom. The quantitative estimate of drug-likeness (QED) is 0.616. The highest BCUT2D eigenvalue weighted by Gasteiger charge is 2.29. The number of nitrogens with one attached hydrogen (secondary N) is 1. The van der Waals surface area contributed by atoms with Crippen molar-refractivity contribution in [2.75, 3.05) is 7.05 Å². The Morgan fingerprint density at radius 3 is 2.55 bits per heavy atom. The molecule has 0 radical (unpaired) electrons. The molecule has 1 N–H and O–H groups in total. The van der Waals surface area contributed by atoms with Gasteiger partial charge < -0.3 is 5.32 Å². The van der Waals surface area contributed by atoms with E-state index in [1.807, 2.05) is 0 Å². The van der Waals surface area contributed by atoms with Crippen LogP contribution < -0.4 is 5.32 Å². The zero-order valence-corrected chi connectivity index (χ0v) is 7.81. The van der Waals surface area contributed by atoms with Crippen molar-refractivity contribution in [3.8, 4) is 0 Å². The van der Waals surface area contributed by atoms with Crippen molar-refractivity contribution in [3.05, 3.63) is 10.0 Å². The standard InChI is InChI=1S/C4H5BrF3NOS/c1-9-3(5)2-11-10-4(6,7)8/h2,9H,1H3/b3-2-. The van der Waals surface area contributed by atoms with Gasteiger partial charge in [0.15, 0.2) is 0 Å². The van der Waals surface area contributed by atoms with Gasteiger partial charge in [0.1, 0.15) is 0 Å². The number of hydrogen-bond donors (Lipinski definition) is 1. The summed E-state index contributed by atoms with van der Waals surface area (Å²) in [5, 5.41) is 3.71. The normalized spacial score (nSPS) is 13.4. The summed E-state index contributed by atoms with van der Waals surface area (Å²) in [5.41, 5.74) is 0. The van der Waals surface area contributed by atoms with Gasteiger partial charge in [-0.3, -0.25) is 0 Å². The van der Waals surface area contributed by atoms with Crippen LogP contribution in [0.2, 0.25) is 0 Å². The molecular formula is C4H5BrF3NOS. The average molecular weight is 252 g/mol. The smallest absolute Gasteiger partial charge is 0.382 e. The van der Waals surface area contributed by atoms with E-state index in [1.165, 1.54) is 0 Å². The molecule has 11 heavy (non-hydrogen) atoms. The molecule has 0 aromatic heterocycles. The van der Waals surface area contributed by atoms with Gasteiger partial charge in [0.05, 0.1) is 4.61 Å². The average Bonchev–Trinajstić information content (AvgIpc) is 1.85. The van der Waals surface area contributed by atoms with E-state index in [1.54, 1.807) is 7.05 Å². The lowest BCUT2D eigenvalue weighted by atomic mass is 11.0. The summed E-state index contributed by atoms with van der Waals surface area (Å²) in [6.45, 7) is 0. The highest BCUT2D eigenvalue weighted by Crippen LogP contribution is 2.24. The minimum atomic E-state index is -4.60. The molecule has 0 spiro atoms. The second-order valence-corrected chi connectivity index (χ2v) is 2.79. The van der Waals surface area contributed by atoms with Crippen LogP contribution in [0.25, 0.3) is 0 Å². The minimum absolute atomic E-state index is 0.196. The Balaban J connectivity index is 3.57. The fourth-order valence-corrected chi connectivity index (χ4v) is 0.768. The second-order valence-electron chi connectivity index (χ2n) is 1.34. The Hall–Kier alpha value is 0.120. The minimum Gasteiger partial charge on any atom is -0.382 e. The fraction of sp³-hybridized carbons (Fsp3) is 0.500. The zero-order valence-electron chi connectivity index (χ0n) is 5.41. The molecule has 0 rings (SSSR count). The van der Waals surface area contributed by atoms with Crippen LogP contribution in [0.3, 0.4) is 0 Å². The first-order valence-corrected chi connectivity index (χ1v) is 4.00. The van der Waals surface area contributed by atoms with E-state index in [2.05, 4.69) is 25.4 Å². The van der Waals surface area contributed by atoms with Crippen LogP contribution in [0, 0.1) is 0 Å². The molecule has 0 saturated carbocycles. The van der Waals surface area contributed by atoms with Crippen molar-refractivity contribution < 1.29 is 17.4 Å². The third-order valence-electron chi connectivity index (χ3n) is 0.533. The number of alkyl halides is 3. The van der Waals surface area contributed by atoms with Gasteiger partial charge in [-0.15, -0.1) is 13.2 Å². The third-order valence-corrected chi connectivity index (χ3v) is 2.08. The number of hydrogen-bond acceptors (Lipinski definition) is 3. The first-order chi connectivity index (χ1) is 4.95. The van der Waals surface area contributed by atoms with Gasteiger partial charge in [0, 0.05) is 24.5 Å². The topological polar surface area (TPSA) is 21.3 Å². The summed E-state index contributed by atoms with van der Waals surface area (Å²) in [6, 6.07) is 0. The Kier molecular flexibility index (Phi) is 4.94. The summed E-state index contributed by atoms with van der Waals surface area (Å²) < 4.78 is 37.7. The van der Waals surface area contributed by atoms with E-state index >= 15 is 0 Å². The first-order valence-electron chi connectivity index (χ1n) is 2.40. The second kappa shape index (κ2) is 4.89. The maximum atomic E-state index is 11.3. The van der Waals surface area contributed by atoms with Gasteiger partial charge in [-0.2, -0.15) is 0 Å². The van der Waals surface area contributed by atoms with Crippen molar-refractivity contribution >= 4 is 28.0 Å². The first kappa shape index (κ1) is 11.1. The molecule has 66 valence electrons. The lowest BCUT2D eigenvalue weighted by molar-refractivity contribution is -0.266. The third kappa shape index (κ3) is 8.02. The summed E-state index contributed by atoms with van der Waals surface area (Å²) in [7, 11) is 1.56. The van der Waals surface area contributed by atoms with Gasteiger partial charge in [-0.25, -0.2) is 4.18 Å². The molecule has 0 amide bonds. The molecule has 0 unspecified atom stereocenters. The number of rotatable bonds is 3. The highest BCUT2D eigenvalue weighted by molar-refractivity contribution is 9.11. The highest BCUT2D eigenvalue weighted by atomic mass is 79.9. The van der Waals surface area contributed by atoms with Crippen molar-refractivity contribution in [2.45, 2.75) is 6.36 Å². The SMILES string of the molecule is CN/C(Br)=C\SOC(F)(F)F. The molecule has 0 atom stereocenters. The Bertz CT molecular complexity index is 149. The summed E-state index contributed by atoms with van der Waals surface area (Å²) >= 11 is 3.12. The van der Waals surface area contributed by atoms with E-state index in [4.69, 9.17) is 0 Å². The molecule has 0 aromatic rings. The van der Waals surface area contributed by atoms with Crippen LogP contribution >= 0.6 is 28.0 Å².